The van der Waals surface area contributed by atoms with Crippen molar-refractivity contribution in [2.24, 2.45) is 0 Å². The molecule has 4 heteroatoms. The number of fused-ring (bicyclic) bond motifs is 1. The number of aryl methyl sites for hydroxylation is 3. The quantitative estimate of drug-likeness (QED) is 0.697. The average Bonchev–Trinajstić information content (AvgIpc) is 2.94. The number of carbonyl (C=O) groups is 1. The number of nitrogens with zero attached hydrogens (tertiary/aromatic N) is 1. The van der Waals surface area contributed by atoms with Crippen LogP contribution in [0.15, 0.2) is 40.9 Å². The number of benzene rings is 1. The van der Waals surface area contributed by atoms with Crippen molar-refractivity contribution in [1.82, 2.24) is 10.3 Å². The molecule has 2 heterocycles. The van der Waals surface area contributed by atoms with Gasteiger partial charge in [-0.25, -0.2) is 0 Å². The molecule has 2 aromatic heterocycles. The van der Waals surface area contributed by atoms with Crippen LogP contribution in [0.5, 0.6) is 0 Å². The summed E-state index contributed by atoms with van der Waals surface area (Å²) in [6.07, 6.45) is 4.61. The Bertz CT molecular complexity index is 927. The molecule has 0 aliphatic rings. The average molecular weight is 350 g/mol. The van der Waals surface area contributed by atoms with Crippen LogP contribution in [0, 0.1) is 13.8 Å². The molecule has 4 nitrogen and oxygen atoms in total. The fourth-order valence-electron chi connectivity index (χ4n) is 3.29. The molecule has 0 bridgehead atoms. The smallest absolute Gasteiger partial charge is 0.287 e. The Morgan fingerprint density at radius 2 is 2.08 bits per heavy atom. The van der Waals surface area contributed by atoms with E-state index < -0.39 is 0 Å². The zero-order chi connectivity index (χ0) is 18.7. The van der Waals surface area contributed by atoms with Gasteiger partial charge < -0.3 is 9.73 Å². The number of pyridine rings is 1. The van der Waals surface area contributed by atoms with Gasteiger partial charge in [-0.2, -0.15) is 0 Å². The third-order valence-corrected chi connectivity index (χ3v) is 4.74. The Labute approximate surface area is 154 Å². The minimum Gasteiger partial charge on any atom is -0.451 e. The first-order valence-electron chi connectivity index (χ1n) is 9.23. The molecule has 0 aliphatic heterocycles. The molecule has 0 saturated heterocycles. The molecule has 0 saturated carbocycles. The summed E-state index contributed by atoms with van der Waals surface area (Å²) in [7, 11) is 0. The Kier molecular flexibility index (Phi) is 5.40. The Hall–Kier alpha value is -2.62. The van der Waals surface area contributed by atoms with Gasteiger partial charge in [0.25, 0.3) is 5.91 Å². The highest BCUT2D eigenvalue weighted by Crippen LogP contribution is 2.27. The molecular weight excluding hydrogens is 324 g/mol. The normalized spacial score (nSPS) is 12.3. The lowest BCUT2D eigenvalue weighted by Gasteiger charge is -2.14. The van der Waals surface area contributed by atoms with E-state index in [-0.39, 0.29) is 11.9 Å². The zero-order valence-electron chi connectivity index (χ0n) is 15.9. The van der Waals surface area contributed by atoms with Crippen molar-refractivity contribution >= 4 is 16.9 Å². The number of carbonyl (C=O) groups excluding carboxylic acids is 1. The molecule has 1 aromatic carbocycles. The standard InChI is InChI=1S/C22H26N2O2/c1-5-7-17-9-10-20-18(13-17)16(4)21(26-20)22(25)24-15(3)12-19-14(2)8-6-11-23-19/h6,8-11,13,15H,5,7,12H2,1-4H3,(H,24,25)/t15-/m1/s1. The van der Waals surface area contributed by atoms with Crippen molar-refractivity contribution in [3.8, 4) is 0 Å². The van der Waals surface area contributed by atoms with E-state index in [2.05, 4.69) is 29.4 Å². The number of amides is 1. The van der Waals surface area contributed by atoms with E-state index in [1.165, 1.54) is 5.56 Å². The maximum atomic E-state index is 12.7. The van der Waals surface area contributed by atoms with E-state index in [9.17, 15) is 4.79 Å². The molecule has 0 radical (unpaired) electrons. The van der Waals surface area contributed by atoms with Crippen LogP contribution in [0.25, 0.3) is 11.0 Å². The molecule has 0 unspecified atom stereocenters. The van der Waals surface area contributed by atoms with Gasteiger partial charge >= 0.3 is 0 Å². The van der Waals surface area contributed by atoms with Crippen LogP contribution in [-0.4, -0.2) is 16.9 Å². The van der Waals surface area contributed by atoms with Gasteiger partial charge in [0.05, 0.1) is 0 Å². The molecule has 136 valence electrons. The van der Waals surface area contributed by atoms with Crippen molar-refractivity contribution in [2.75, 3.05) is 0 Å². The van der Waals surface area contributed by atoms with Crippen LogP contribution in [0.4, 0.5) is 0 Å². The van der Waals surface area contributed by atoms with Crippen LogP contribution in [-0.2, 0) is 12.8 Å². The lowest BCUT2D eigenvalue weighted by molar-refractivity contribution is 0.0913. The van der Waals surface area contributed by atoms with Crippen molar-refractivity contribution < 1.29 is 9.21 Å². The summed E-state index contributed by atoms with van der Waals surface area (Å²) in [5.41, 5.74) is 5.08. The predicted molar refractivity (Wildman–Crippen MR) is 105 cm³/mol. The highest BCUT2D eigenvalue weighted by atomic mass is 16.3. The minimum atomic E-state index is -0.170. The summed E-state index contributed by atoms with van der Waals surface area (Å²) in [6.45, 7) is 8.14. The fraction of sp³-hybridized carbons (Fsp3) is 0.364. The molecule has 0 fully saturated rings. The monoisotopic (exact) mass is 350 g/mol. The van der Waals surface area contributed by atoms with E-state index in [0.29, 0.717) is 12.2 Å². The van der Waals surface area contributed by atoms with Gasteiger partial charge in [0, 0.05) is 35.3 Å². The summed E-state index contributed by atoms with van der Waals surface area (Å²) >= 11 is 0. The molecule has 3 rings (SSSR count). The van der Waals surface area contributed by atoms with E-state index in [0.717, 1.165) is 40.6 Å². The number of nitrogens with one attached hydrogen (secondary N) is 1. The molecule has 26 heavy (non-hydrogen) atoms. The van der Waals surface area contributed by atoms with Gasteiger partial charge in [-0.15, -0.1) is 0 Å². The number of hydrogen-bond donors (Lipinski definition) is 1. The number of furan rings is 1. The van der Waals surface area contributed by atoms with Crippen LogP contribution in [0.2, 0.25) is 0 Å². The number of rotatable bonds is 6. The fourth-order valence-corrected chi connectivity index (χ4v) is 3.29. The second kappa shape index (κ2) is 7.73. The summed E-state index contributed by atoms with van der Waals surface area (Å²) in [6, 6.07) is 10.1. The second-order valence-electron chi connectivity index (χ2n) is 6.98. The Morgan fingerprint density at radius 3 is 2.81 bits per heavy atom. The Balaban J connectivity index is 1.77. The van der Waals surface area contributed by atoms with E-state index >= 15 is 0 Å². The molecule has 3 aromatic rings. The number of hydrogen-bond acceptors (Lipinski definition) is 3. The van der Waals surface area contributed by atoms with E-state index in [1.807, 2.05) is 39.0 Å². The Morgan fingerprint density at radius 1 is 1.27 bits per heavy atom. The van der Waals surface area contributed by atoms with E-state index in [1.54, 1.807) is 6.20 Å². The molecule has 0 aliphatic carbocycles. The maximum Gasteiger partial charge on any atom is 0.287 e. The van der Waals surface area contributed by atoms with Gasteiger partial charge in [0.15, 0.2) is 5.76 Å². The first-order chi connectivity index (χ1) is 12.5. The van der Waals surface area contributed by atoms with Gasteiger partial charge in [0.1, 0.15) is 5.58 Å². The highest BCUT2D eigenvalue weighted by molar-refractivity contribution is 5.99. The maximum absolute atomic E-state index is 12.7. The van der Waals surface area contributed by atoms with Gasteiger partial charge in [-0.05, 0) is 56.5 Å². The van der Waals surface area contributed by atoms with Gasteiger partial charge in [-0.3, -0.25) is 9.78 Å². The molecule has 1 N–H and O–H groups in total. The third kappa shape index (κ3) is 3.79. The molecular formula is C22H26N2O2. The summed E-state index contributed by atoms with van der Waals surface area (Å²) in [4.78, 5) is 17.1. The highest BCUT2D eigenvalue weighted by Gasteiger charge is 2.20. The topological polar surface area (TPSA) is 55.1 Å². The largest absolute Gasteiger partial charge is 0.451 e. The van der Waals surface area contributed by atoms with Gasteiger partial charge in [-0.1, -0.05) is 25.5 Å². The second-order valence-corrected chi connectivity index (χ2v) is 6.98. The predicted octanol–water partition coefficient (Wildman–Crippen LogP) is 4.76. The first-order valence-corrected chi connectivity index (χ1v) is 9.23. The third-order valence-electron chi connectivity index (χ3n) is 4.74. The van der Waals surface area contributed by atoms with Crippen molar-refractivity contribution in [1.29, 1.82) is 0 Å². The minimum absolute atomic E-state index is 0.0284. The summed E-state index contributed by atoms with van der Waals surface area (Å²) in [5, 5.41) is 4.06. The lowest BCUT2D eigenvalue weighted by Crippen LogP contribution is -2.34. The summed E-state index contributed by atoms with van der Waals surface area (Å²) < 4.78 is 5.84. The molecule has 0 spiro atoms. The van der Waals surface area contributed by atoms with Gasteiger partial charge in [0.2, 0.25) is 0 Å². The summed E-state index contributed by atoms with van der Waals surface area (Å²) in [5.74, 6) is 0.232. The van der Waals surface area contributed by atoms with Crippen molar-refractivity contribution in [2.45, 2.75) is 53.0 Å². The van der Waals surface area contributed by atoms with Crippen LogP contribution >= 0.6 is 0 Å². The molecule has 1 atom stereocenters. The lowest BCUT2D eigenvalue weighted by atomic mass is 10.1. The van der Waals surface area contributed by atoms with Crippen molar-refractivity contribution in [3.63, 3.8) is 0 Å². The van der Waals surface area contributed by atoms with Crippen LogP contribution in [0.3, 0.4) is 0 Å². The zero-order valence-corrected chi connectivity index (χ0v) is 15.9. The number of aromatic nitrogens is 1. The van der Waals surface area contributed by atoms with Crippen LogP contribution < -0.4 is 5.32 Å². The molecule has 1 amide bonds. The van der Waals surface area contributed by atoms with E-state index in [4.69, 9.17) is 4.42 Å². The van der Waals surface area contributed by atoms with Crippen LogP contribution in [0.1, 0.15) is 53.2 Å². The SMILES string of the molecule is CCCc1ccc2oc(C(=O)N[C@H](C)Cc3ncccc3C)c(C)c2c1. The first kappa shape index (κ1) is 18.2. The van der Waals surface area contributed by atoms with Crippen molar-refractivity contribution in [3.05, 3.63) is 64.7 Å².